The van der Waals surface area contributed by atoms with Crippen LogP contribution in [0.4, 0.5) is 18.9 Å². The topological polar surface area (TPSA) is 111 Å². The van der Waals surface area contributed by atoms with Gasteiger partial charge in [-0.15, -0.1) is 0 Å². The maximum absolute atomic E-state index is 12.5. The molecule has 0 atom stereocenters. The Kier molecular flexibility index (Phi) is 6.74. The zero-order chi connectivity index (χ0) is 20.6. The summed E-state index contributed by atoms with van der Waals surface area (Å²) in [6.45, 7) is 0. The van der Waals surface area contributed by atoms with Crippen LogP contribution in [-0.2, 0) is 6.18 Å². The maximum Gasteiger partial charge on any atom is 0.416 e. The summed E-state index contributed by atoms with van der Waals surface area (Å²) in [4.78, 5) is 33.1. The van der Waals surface area contributed by atoms with Crippen molar-refractivity contribution in [3.8, 4) is 0 Å². The molecule has 10 heteroatoms. The zero-order valence-corrected chi connectivity index (χ0v) is 14.2. The molecule has 0 aliphatic heterocycles. The third-order valence-electron chi connectivity index (χ3n) is 3.21. The van der Waals surface area contributed by atoms with Crippen molar-refractivity contribution in [3.63, 3.8) is 0 Å². The molecule has 3 aromatic rings. The quantitative estimate of drug-likeness (QED) is 0.716. The first kappa shape index (κ1) is 20.5. The van der Waals surface area contributed by atoms with E-state index >= 15 is 0 Å². The second-order valence-electron chi connectivity index (χ2n) is 5.22. The standard InChI is InChI=1S/C13H9F3N2O.C5H5N3O/c14-13(15,16)10-2-1-3-11(8-10)18-12(19)9-4-6-17-7-5-9;6-5(9)4-3-7-1-2-8-4/h1-8H,(H,18,19);1-3H,(H2,6,9). The molecule has 0 radical (unpaired) electrons. The van der Waals surface area contributed by atoms with Gasteiger partial charge in [0.15, 0.2) is 0 Å². The molecule has 0 unspecified atom stereocenters. The van der Waals surface area contributed by atoms with Crippen molar-refractivity contribution in [1.82, 2.24) is 15.0 Å². The number of carbonyl (C=O) groups excluding carboxylic acids is 2. The summed E-state index contributed by atoms with van der Waals surface area (Å²) in [5, 5.41) is 2.40. The van der Waals surface area contributed by atoms with Crippen LogP contribution >= 0.6 is 0 Å². The number of primary amides is 1. The maximum atomic E-state index is 12.5. The average molecular weight is 389 g/mol. The first-order chi connectivity index (χ1) is 13.3. The van der Waals surface area contributed by atoms with Crippen LogP contribution in [0, 0.1) is 0 Å². The SMILES string of the molecule is NC(=O)c1cnccn1.O=C(Nc1cccc(C(F)(F)F)c1)c1ccncc1. The lowest BCUT2D eigenvalue weighted by atomic mass is 10.2. The summed E-state index contributed by atoms with van der Waals surface area (Å²) < 4.78 is 37.5. The number of hydrogen-bond donors (Lipinski definition) is 2. The third-order valence-corrected chi connectivity index (χ3v) is 3.21. The molecular formula is C18H14F3N5O2. The number of nitrogens with zero attached hydrogens (tertiary/aromatic N) is 3. The smallest absolute Gasteiger partial charge is 0.364 e. The van der Waals surface area contributed by atoms with Crippen LogP contribution in [0.2, 0.25) is 0 Å². The average Bonchev–Trinajstić information content (AvgIpc) is 2.69. The van der Waals surface area contributed by atoms with E-state index in [1.807, 2.05) is 0 Å². The van der Waals surface area contributed by atoms with Crippen molar-refractivity contribution in [2.45, 2.75) is 6.18 Å². The molecule has 0 fully saturated rings. The highest BCUT2D eigenvalue weighted by Crippen LogP contribution is 2.30. The molecule has 3 rings (SSSR count). The Labute approximate surface area is 157 Å². The summed E-state index contributed by atoms with van der Waals surface area (Å²) in [6.07, 6.45) is 2.65. The molecule has 0 saturated carbocycles. The molecule has 28 heavy (non-hydrogen) atoms. The summed E-state index contributed by atoms with van der Waals surface area (Å²) >= 11 is 0. The Hall–Kier alpha value is -3.82. The Morgan fingerprint density at radius 3 is 2.21 bits per heavy atom. The fourth-order valence-corrected chi connectivity index (χ4v) is 1.91. The predicted molar refractivity (Wildman–Crippen MR) is 94.2 cm³/mol. The van der Waals surface area contributed by atoms with E-state index in [4.69, 9.17) is 5.73 Å². The zero-order valence-electron chi connectivity index (χ0n) is 14.2. The van der Waals surface area contributed by atoms with Gasteiger partial charge in [-0.2, -0.15) is 13.2 Å². The number of nitrogens with two attached hydrogens (primary N) is 1. The highest BCUT2D eigenvalue weighted by atomic mass is 19.4. The summed E-state index contributed by atoms with van der Waals surface area (Å²) in [5.74, 6) is -1.04. The second-order valence-corrected chi connectivity index (χ2v) is 5.22. The van der Waals surface area contributed by atoms with E-state index in [2.05, 4.69) is 20.3 Å². The normalized spacial score (nSPS) is 10.4. The lowest BCUT2D eigenvalue weighted by molar-refractivity contribution is -0.137. The van der Waals surface area contributed by atoms with E-state index < -0.39 is 23.6 Å². The van der Waals surface area contributed by atoms with Gasteiger partial charge in [0.1, 0.15) is 5.69 Å². The predicted octanol–water partition coefficient (Wildman–Crippen LogP) is 2.93. The minimum Gasteiger partial charge on any atom is -0.364 e. The van der Waals surface area contributed by atoms with E-state index in [1.165, 1.54) is 55.2 Å². The van der Waals surface area contributed by atoms with Crippen molar-refractivity contribution < 1.29 is 22.8 Å². The molecule has 0 spiro atoms. The van der Waals surface area contributed by atoms with Crippen LogP contribution < -0.4 is 11.1 Å². The molecule has 2 amide bonds. The number of anilines is 1. The number of halogens is 3. The summed E-state index contributed by atoms with van der Waals surface area (Å²) in [7, 11) is 0. The molecule has 0 aliphatic rings. The lowest BCUT2D eigenvalue weighted by Gasteiger charge is -2.09. The monoisotopic (exact) mass is 389 g/mol. The largest absolute Gasteiger partial charge is 0.416 e. The molecule has 0 aliphatic carbocycles. The molecule has 3 N–H and O–H groups in total. The molecule has 0 saturated heterocycles. The minimum absolute atomic E-state index is 0.0941. The number of aromatic nitrogens is 3. The van der Waals surface area contributed by atoms with Crippen LogP contribution in [0.25, 0.3) is 0 Å². The van der Waals surface area contributed by atoms with Gasteiger partial charge in [0.25, 0.3) is 11.8 Å². The number of carbonyl (C=O) groups is 2. The van der Waals surface area contributed by atoms with Gasteiger partial charge in [0.2, 0.25) is 0 Å². The van der Waals surface area contributed by atoms with Gasteiger partial charge in [0.05, 0.1) is 11.8 Å². The van der Waals surface area contributed by atoms with Gasteiger partial charge in [0, 0.05) is 36.0 Å². The summed E-state index contributed by atoms with van der Waals surface area (Å²) in [6, 6.07) is 7.42. The molecule has 7 nitrogen and oxygen atoms in total. The molecule has 0 bridgehead atoms. The number of alkyl halides is 3. The van der Waals surface area contributed by atoms with Crippen LogP contribution in [0.15, 0.2) is 67.4 Å². The van der Waals surface area contributed by atoms with Gasteiger partial charge in [-0.25, -0.2) is 4.98 Å². The number of rotatable bonds is 3. The van der Waals surface area contributed by atoms with Crippen molar-refractivity contribution >= 4 is 17.5 Å². The first-order valence-electron chi connectivity index (χ1n) is 7.72. The number of hydrogen-bond acceptors (Lipinski definition) is 5. The van der Waals surface area contributed by atoms with Gasteiger partial charge in [-0.05, 0) is 30.3 Å². The lowest BCUT2D eigenvalue weighted by Crippen LogP contribution is -2.13. The van der Waals surface area contributed by atoms with Gasteiger partial charge in [-0.1, -0.05) is 6.07 Å². The second kappa shape index (κ2) is 9.21. The Bertz CT molecular complexity index is 935. The highest BCUT2D eigenvalue weighted by molar-refractivity contribution is 6.04. The molecule has 2 heterocycles. The fraction of sp³-hybridized carbons (Fsp3) is 0.0556. The van der Waals surface area contributed by atoms with E-state index in [-0.39, 0.29) is 11.4 Å². The van der Waals surface area contributed by atoms with Gasteiger partial charge in [-0.3, -0.25) is 19.6 Å². The first-order valence-corrected chi connectivity index (χ1v) is 7.72. The van der Waals surface area contributed by atoms with Gasteiger partial charge < -0.3 is 11.1 Å². The molecule has 144 valence electrons. The Balaban J connectivity index is 0.000000261. The van der Waals surface area contributed by atoms with E-state index in [9.17, 15) is 22.8 Å². The van der Waals surface area contributed by atoms with Crippen LogP contribution in [0.1, 0.15) is 26.4 Å². The number of nitrogens with one attached hydrogen (secondary N) is 1. The molecular weight excluding hydrogens is 375 g/mol. The third kappa shape index (κ3) is 6.16. The summed E-state index contributed by atoms with van der Waals surface area (Å²) in [5.41, 5.74) is 4.68. The Morgan fingerprint density at radius 2 is 1.68 bits per heavy atom. The van der Waals surface area contributed by atoms with E-state index in [1.54, 1.807) is 0 Å². The fourth-order valence-electron chi connectivity index (χ4n) is 1.91. The van der Waals surface area contributed by atoms with Crippen LogP contribution in [0.5, 0.6) is 0 Å². The van der Waals surface area contributed by atoms with E-state index in [0.29, 0.717) is 5.56 Å². The number of pyridine rings is 1. The van der Waals surface area contributed by atoms with Crippen LogP contribution in [0.3, 0.4) is 0 Å². The highest BCUT2D eigenvalue weighted by Gasteiger charge is 2.30. The van der Waals surface area contributed by atoms with Crippen molar-refractivity contribution in [1.29, 1.82) is 0 Å². The number of amides is 2. The Morgan fingerprint density at radius 1 is 0.964 bits per heavy atom. The van der Waals surface area contributed by atoms with Crippen molar-refractivity contribution in [3.05, 3.63) is 84.2 Å². The van der Waals surface area contributed by atoms with Crippen molar-refractivity contribution in [2.75, 3.05) is 5.32 Å². The number of benzene rings is 1. The van der Waals surface area contributed by atoms with Crippen LogP contribution in [-0.4, -0.2) is 26.8 Å². The minimum atomic E-state index is -4.43. The van der Waals surface area contributed by atoms with Gasteiger partial charge >= 0.3 is 6.18 Å². The van der Waals surface area contributed by atoms with E-state index in [0.717, 1.165) is 12.1 Å². The molecule has 1 aromatic carbocycles. The van der Waals surface area contributed by atoms with Crippen molar-refractivity contribution in [2.24, 2.45) is 5.73 Å². The molecule has 2 aromatic heterocycles.